The maximum Gasteiger partial charge on any atom is 0.361 e. The first-order chi connectivity index (χ1) is 9.51. The molecule has 0 spiro atoms. The summed E-state index contributed by atoms with van der Waals surface area (Å²) in [6.07, 6.45) is 1.48. The molecule has 0 bridgehead atoms. The van der Waals surface area contributed by atoms with Gasteiger partial charge in [-0.15, -0.1) is 0 Å². The minimum Gasteiger partial charge on any atom is -0.461 e. The number of aromatic nitrogens is 2. The maximum absolute atomic E-state index is 13.7. The zero-order valence-electron chi connectivity index (χ0n) is 10.8. The second kappa shape index (κ2) is 6.04. The van der Waals surface area contributed by atoms with E-state index in [1.165, 1.54) is 16.9 Å². The lowest BCUT2D eigenvalue weighted by Crippen LogP contribution is -2.09. The van der Waals surface area contributed by atoms with Crippen molar-refractivity contribution in [2.45, 2.75) is 13.5 Å². The first kappa shape index (κ1) is 14.5. The highest BCUT2D eigenvalue weighted by molar-refractivity contribution is 9.10. The molecule has 2 aromatic rings. The fraction of sp³-hybridized carbons (Fsp3) is 0.231. The molecule has 0 fully saturated rings. The van der Waals surface area contributed by atoms with Crippen LogP contribution < -0.4 is 5.73 Å². The van der Waals surface area contributed by atoms with E-state index in [0.717, 1.165) is 4.47 Å². The van der Waals surface area contributed by atoms with Gasteiger partial charge in [0.25, 0.3) is 0 Å². The van der Waals surface area contributed by atoms with Crippen LogP contribution in [0.1, 0.15) is 23.0 Å². The van der Waals surface area contributed by atoms with Crippen LogP contribution in [0.15, 0.2) is 28.9 Å². The van der Waals surface area contributed by atoms with E-state index >= 15 is 0 Å². The van der Waals surface area contributed by atoms with Crippen LogP contribution in [-0.2, 0) is 11.3 Å². The van der Waals surface area contributed by atoms with Crippen molar-refractivity contribution in [3.8, 4) is 0 Å². The SMILES string of the molecule is CCOC(=O)c1nn(Cc2cc(Br)ccc2F)cc1N. The molecule has 0 saturated carbocycles. The summed E-state index contributed by atoms with van der Waals surface area (Å²) in [7, 11) is 0. The molecule has 0 atom stereocenters. The zero-order chi connectivity index (χ0) is 14.7. The van der Waals surface area contributed by atoms with Crippen LogP contribution in [0.5, 0.6) is 0 Å². The van der Waals surface area contributed by atoms with Crippen molar-refractivity contribution in [3.05, 3.63) is 45.9 Å². The minimum atomic E-state index is -0.585. The number of nitrogens with zero attached hydrogens (tertiary/aromatic N) is 2. The Morgan fingerprint density at radius 1 is 1.55 bits per heavy atom. The largest absolute Gasteiger partial charge is 0.461 e. The highest BCUT2D eigenvalue weighted by Gasteiger charge is 2.16. The maximum atomic E-state index is 13.7. The lowest BCUT2D eigenvalue weighted by Gasteiger charge is -2.04. The van der Waals surface area contributed by atoms with E-state index in [-0.39, 0.29) is 30.4 Å². The van der Waals surface area contributed by atoms with Gasteiger partial charge in [-0.2, -0.15) is 5.10 Å². The van der Waals surface area contributed by atoms with E-state index in [1.807, 2.05) is 0 Å². The van der Waals surface area contributed by atoms with Gasteiger partial charge in [-0.1, -0.05) is 15.9 Å². The summed E-state index contributed by atoms with van der Waals surface area (Å²) in [5, 5.41) is 4.03. The number of rotatable bonds is 4. The Morgan fingerprint density at radius 2 is 2.30 bits per heavy atom. The molecule has 1 aromatic carbocycles. The van der Waals surface area contributed by atoms with Gasteiger partial charge >= 0.3 is 5.97 Å². The van der Waals surface area contributed by atoms with Crippen molar-refractivity contribution < 1.29 is 13.9 Å². The average Bonchev–Trinajstić information content (AvgIpc) is 2.75. The average molecular weight is 342 g/mol. The third kappa shape index (κ3) is 3.16. The predicted octanol–water partition coefficient (Wildman–Crippen LogP) is 2.59. The van der Waals surface area contributed by atoms with Crippen LogP contribution in [0.2, 0.25) is 0 Å². The zero-order valence-corrected chi connectivity index (χ0v) is 12.4. The van der Waals surface area contributed by atoms with Crippen molar-refractivity contribution in [1.29, 1.82) is 0 Å². The number of ether oxygens (including phenoxy) is 1. The number of hydrogen-bond donors (Lipinski definition) is 1. The Kier molecular flexibility index (Phi) is 4.39. The second-order valence-corrected chi connectivity index (χ2v) is 5.00. The standard InChI is InChI=1S/C13H13BrFN3O2/c1-2-20-13(19)12-11(16)7-18(17-12)6-8-5-9(14)3-4-10(8)15/h3-5,7H,2,6,16H2,1H3. The van der Waals surface area contributed by atoms with Crippen LogP contribution in [-0.4, -0.2) is 22.4 Å². The summed E-state index contributed by atoms with van der Waals surface area (Å²) in [6.45, 7) is 2.11. The number of anilines is 1. The highest BCUT2D eigenvalue weighted by atomic mass is 79.9. The van der Waals surface area contributed by atoms with E-state index in [0.29, 0.717) is 5.56 Å². The number of hydrogen-bond acceptors (Lipinski definition) is 4. The molecule has 20 heavy (non-hydrogen) atoms. The summed E-state index contributed by atoms with van der Waals surface area (Å²) >= 11 is 3.28. The van der Waals surface area contributed by atoms with Crippen LogP contribution in [0.4, 0.5) is 10.1 Å². The van der Waals surface area contributed by atoms with Crippen LogP contribution in [0, 0.1) is 5.82 Å². The quantitative estimate of drug-likeness (QED) is 0.867. The smallest absolute Gasteiger partial charge is 0.361 e. The molecular weight excluding hydrogens is 329 g/mol. The van der Waals surface area contributed by atoms with Gasteiger partial charge in [0.15, 0.2) is 5.69 Å². The number of halogens is 2. The van der Waals surface area contributed by atoms with Crippen molar-refractivity contribution in [2.75, 3.05) is 12.3 Å². The molecule has 0 amide bonds. The molecule has 2 rings (SSSR count). The summed E-state index contributed by atoms with van der Waals surface area (Å²) in [5.41, 5.74) is 6.40. The minimum absolute atomic E-state index is 0.0438. The van der Waals surface area contributed by atoms with Gasteiger partial charge in [-0.25, -0.2) is 9.18 Å². The molecule has 5 nitrogen and oxygen atoms in total. The predicted molar refractivity (Wildman–Crippen MR) is 75.8 cm³/mol. The molecule has 0 radical (unpaired) electrons. The van der Waals surface area contributed by atoms with Crippen LogP contribution in [0.25, 0.3) is 0 Å². The first-order valence-electron chi connectivity index (χ1n) is 5.95. The van der Waals surface area contributed by atoms with Crippen molar-refractivity contribution in [3.63, 3.8) is 0 Å². The lowest BCUT2D eigenvalue weighted by atomic mass is 10.2. The molecule has 0 saturated heterocycles. The Balaban J connectivity index is 2.24. The van der Waals surface area contributed by atoms with Crippen molar-refractivity contribution in [2.24, 2.45) is 0 Å². The van der Waals surface area contributed by atoms with Crippen LogP contribution in [0.3, 0.4) is 0 Å². The molecule has 7 heteroatoms. The molecule has 1 heterocycles. The molecule has 0 aliphatic carbocycles. The van der Waals surface area contributed by atoms with E-state index in [1.54, 1.807) is 19.1 Å². The van der Waals surface area contributed by atoms with Crippen molar-refractivity contribution in [1.82, 2.24) is 9.78 Å². The van der Waals surface area contributed by atoms with Gasteiger partial charge in [0.05, 0.1) is 18.8 Å². The fourth-order valence-corrected chi connectivity index (χ4v) is 2.12. The molecule has 0 aliphatic heterocycles. The Morgan fingerprint density at radius 3 is 3.00 bits per heavy atom. The molecule has 0 aliphatic rings. The normalized spacial score (nSPS) is 10.6. The van der Waals surface area contributed by atoms with Gasteiger partial charge in [-0.3, -0.25) is 4.68 Å². The lowest BCUT2D eigenvalue weighted by molar-refractivity contribution is 0.0519. The van der Waals surface area contributed by atoms with Gasteiger partial charge in [0, 0.05) is 16.2 Å². The number of benzene rings is 1. The third-order valence-corrected chi connectivity index (χ3v) is 3.09. The van der Waals surface area contributed by atoms with E-state index in [4.69, 9.17) is 10.5 Å². The van der Waals surface area contributed by atoms with Gasteiger partial charge in [0.2, 0.25) is 0 Å². The molecular formula is C13H13BrFN3O2. The van der Waals surface area contributed by atoms with Gasteiger partial charge in [-0.05, 0) is 25.1 Å². The summed E-state index contributed by atoms with van der Waals surface area (Å²) in [5.74, 6) is -0.932. The summed E-state index contributed by atoms with van der Waals surface area (Å²) in [4.78, 5) is 11.6. The van der Waals surface area contributed by atoms with Crippen molar-refractivity contribution >= 4 is 27.6 Å². The molecule has 2 N–H and O–H groups in total. The Hall–Kier alpha value is -1.89. The van der Waals surface area contributed by atoms with Gasteiger partial charge in [0.1, 0.15) is 5.82 Å². The second-order valence-electron chi connectivity index (χ2n) is 4.09. The summed E-state index contributed by atoms with van der Waals surface area (Å²) < 4.78 is 20.7. The molecule has 1 aromatic heterocycles. The fourth-order valence-electron chi connectivity index (χ4n) is 1.71. The topological polar surface area (TPSA) is 70.1 Å². The number of carbonyl (C=O) groups excluding carboxylic acids is 1. The highest BCUT2D eigenvalue weighted by Crippen LogP contribution is 2.18. The number of nitrogen functional groups attached to an aromatic ring is 1. The summed E-state index contributed by atoms with van der Waals surface area (Å²) in [6, 6.07) is 4.62. The number of nitrogens with two attached hydrogens (primary N) is 1. The Bertz CT molecular complexity index is 643. The first-order valence-corrected chi connectivity index (χ1v) is 6.74. The third-order valence-electron chi connectivity index (χ3n) is 2.60. The van der Waals surface area contributed by atoms with E-state index < -0.39 is 5.97 Å². The molecule has 106 valence electrons. The van der Waals surface area contributed by atoms with E-state index in [9.17, 15) is 9.18 Å². The monoisotopic (exact) mass is 341 g/mol. The van der Waals surface area contributed by atoms with Crippen LogP contribution >= 0.6 is 15.9 Å². The van der Waals surface area contributed by atoms with Gasteiger partial charge < -0.3 is 10.5 Å². The Labute approximate surface area is 123 Å². The number of esters is 1. The van der Waals surface area contributed by atoms with E-state index in [2.05, 4.69) is 21.0 Å². The molecule has 0 unspecified atom stereocenters. The number of carbonyl (C=O) groups is 1.